The van der Waals surface area contributed by atoms with Crippen LogP contribution in [-0.4, -0.2) is 36.5 Å². The number of hydrogen-bond donors (Lipinski definition) is 1. The van der Waals surface area contributed by atoms with Gasteiger partial charge in [0.15, 0.2) is 0 Å². The van der Waals surface area contributed by atoms with E-state index < -0.39 is 5.97 Å². The van der Waals surface area contributed by atoms with E-state index in [1.54, 1.807) is 0 Å². The normalized spacial score (nSPS) is 21.4. The second kappa shape index (κ2) is 5.78. The third-order valence-corrected chi connectivity index (χ3v) is 2.10. The highest BCUT2D eigenvalue weighted by Gasteiger charge is 2.34. The largest absolute Gasteiger partial charge is 0.456 e. The SMILES string of the molecule is C=CC(=O)OC(CCCCO)C1CO1. The summed E-state index contributed by atoms with van der Waals surface area (Å²) in [5, 5.41) is 8.61. The topological polar surface area (TPSA) is 59.1 Å². The number of epoxide rings is 1. The number of ether oxygens (including phenoxy) is 2. The van der Waals surface area contributed by atoms with Crippen LogP contribution in [0.25, 0.3) is 0 Å². The first-order valence-corrected chi connectivity index (χ1v) is 4.83. The van der Waals surface area contributed by atoms with Crippen molar-refractivity contribution in [2.45, 2.75) is 31.5 Å². The van der Waals surface area contributed by atoms with Gasteiger partial charge in [-0.1, -0.05) is 6.58 Å². The summed E-state index contributed by atoms with van der Waals surface area (Å²) in [4.78, 5) is 10.9. The predicted octanol–water partition coefficient (Wildman–Crippen LogP) is 0.646. The fraction of sp³-hybridized carbons (Fsp3) is 0.700. The Hall–Kier alpha value is -0.870. The van der Waals surface area contributed by atoms with E-state index in [9.17, 15) is 4.79 Å². The molecule has 4 heteroatoms. The van der Waals surface area contributed by atoms with Gasteiger partial charge in [-0.25, -0.2) is 4.79 Å². The monoisotopic (exact) mass is 200 g/mol. The standard InChI is InChI=1S/C10H16O4/c1-2-10(12)14-8(9-7-13-9)5-3-4-6-11/h2,8-9,11H,1,3-7H2. The van der Waals surface area contributed by atoms with Crippen molar-refractivity contribution < 1.29 is 19.4 Å². The molecule has 0 radical (unpaired) electrons. The molecule has 0 aliphatic carbocycles. The molecule has 2 unspecified atom stereocenters. The second-order valence-electron chi connectivity index (χ2n) is 3.27. The first-order valence-electron chi connectivity index (χ1n) is 4.83. The van der Waals surface area contributed by atoms with E-state index in [1.165, 1.54) is 0 Å². The Bertz CT molecular complexity index is 198. The Labute approximate surface area is 83.5 Å². The van der Waals surface area contributed by atoms with E-state index in [1.807, 2.05) is 0 Å². The van der Waals surface area contributed by atoms with Crippen LogP contribution in [-0.2, 0) is 14.3 Å². The Morgan fingerprint density at radius 3 is 2.93 bits per heavy atom. The van der Waals surface area contributed by atoms with E-state index in [0.29, 0.717) is 6.61 Å². The predicted molar refractivity (Wildman–Crippen MR) is 50.8 cm³/mol. The van der Waals surface area contributed by atoms with E-state index in [2.05, 4.69) is 6.58 Å². The third-order valence-electron chi connectivity index (χ3n) is 2.10. The van der Waals surface area contributed by atoms with Crippen LogP contribution >= 0.6 is 0 Å². The zero-order valence-electron chi connectivity index (χ0n) is 8.15. The summed E-state index contributed by atoms with van der Waals surface area (Å²) >= 11 is 0. The minimum Gasteiger partial charge on any atom is -0.456 e. The molecule has 0 aromatic carbocycles. The van der Waals surface area contributed by atoms with Crippen LogP contribution in [0.1, 0.15) is 19.3 Å². The molecule has 4 nitrogen and oxygen atoms in total. The lowest BCUT2D eigenvalue weighted by Crippen LogP contribution is -2.22. The Kier molecular flexibility index (Phi) is 4.62. The summed E-state index contributed by atoms with van der Waals surface area (Å²) in [6.45, 7) is 4.17. The van der Waals surface area contributed by atoms with Gasteiger partial charge in [0, 0.05) is 12.7 Å². The minimum atomic E-state index is -0.408. The van der Waals surface area contributed by atoms with Crippen molar-refractivity contribution >= 4 is 5.97 Å². The van der Waals surface area contributed by atoms with Crippen molar-refractivity contribution in [3.8, 4) is 0 Å². The fourth-order valence-corrected chi connectivity index (χ4v) is 1.25. The van der Waals surface area contributed by atoms with Gasteiger partial charge in [-0.3, -0.25) is 0 Å². The summed E-state index contributed by atoms with van der Waals surface area (Å²) in [5.41, 5.74) is 0. The summed E-state index contributed by atoms with van der Waals surface area (Å²) in [7, 11) is 0. The quantitative estimate of drug-likeness (QED) is 0.283. The number of aliphatic hydroxyl groups is 1. The molecule has 1 saturated heterocycles. The molecule has 0 aromatic heterocycles. The highest BCUT2D eigenvalue weighted by atomic mass is 16.6. The Morgan fingerprint density at radius 1 is 1.71 bits per heavy atom. The molecule has 14 heavy (non-hydrogen) atoms. The summed E-state index contributed by atoms with van der Waals surface area (Å²) in [5.74, 6) is -0.408. The lowest BCUT2D eigenvalue weighted by Gasteiger charge is -2.13. The second-order valence-corrected chi connectivity index (χ2v) is 3.27. The highest BCUT2D eigenvalue weighted by Crippen LogP contribution is 2.21. The molecule has 1 rings (SSSR count). The maximum Gasteiger partial charge on any atom is 0.330 e. The van der Waals surface area contributed by atoms with Crippen molar-refractivity contribution in [3.63, 3.8) is 0 Å². The van der Waals surface area contributed by atoms with Crippen molar-refractivity contribution in [1.29, 1.82) is 0 Å². The Morgan fingerprint density at radius 2 is 2.43 bits per heavy atom. The van der Waals surface area contributed by atoms with Gasteiger partial charge in [-0.15, -0.1) is 0 Å². The zero-order valence-corrected chi connectivity index (χ0v) is 8.15. The van der Waals surface area contributed by atoms with E-state index in [4.69, 9.17) is 14.6 Å². The molecule has 0 aromatic rings. The molecule has 1 heterocycles. The van der Waals surface area contributed by atoms with E-state index >= 15 is 0 Å². The average Bonchev–Trinajstić information content (AvgIpc) is 2.99. The number of carbonyl (C=O) groups excluding carboxylic acids is 1. The number of esters is 1. The lowest BCUT2D eigenvalue weighted by molar-refractivity contribution is -0.144. The maximum absolute atomic E-state index is 10.9. The van der Waals surface area contributed by atoms with Crippen LogP contribution in [0.3, 0.4) is 0 Å². The van der Waals surface area contributed by atoms with Gasteiger partial charge in [0.1, 0.15) is 12.2 Å². The smallest absolute Gasteiger partial charge is 0.330 e. The molecule has 0 spiro atoms. The molecule has 0 bridgehead atoms. The van der Waals surface area contributed by atoms with Crippen LogP contribution < -0.4 is 0 Å². The first-order chi connectivity index (χ1) is 6.77. The van der Waals surface area contributed by atoms with Crippen molar-refractivity contribution in [3.05, 3.63) is 12.7 Å². The average molecular weight is 200 g/mol. The van der Waals surface area contributed by atoms with Gasteiger partial charge in [0.2, 0.25) is 0 Å². The van der Waals surface area contributed by atoms with Crippen LogP contribution in [0, 0.1) is 0 Å². The summed E-state index contributed by atoms with van der Waals surface area (Å²) in [6, 6.07) is 0. The first kappa shape index (κ1) is 11.2. The van der Waals surface area contributed by atoms with Gasteiger partial charge in [0.05, 0.1) is 6.61 Å². The van der Waals surface area contributed by atoms with Crippen molar-refractivity contribution in [2.24, 2.45) is 0 Å². The number of rotatable bonds is 7. The minimum absolute atomic E-state index is 0.0533. The van der Waals surface area contributed by atoms with E-state index in [0.717, 1.165) is 25.3 Å². The van der Waals surface area contributed by atoms with Gasteiger partial charge in [0.25, 0.3) is 0 Å². The number of carbonyl (C=O) groups is 1. The van der Waals surface area contributed by atoms with Crippen LogP contribution in [0.4, 0.5) is 0 Å². The molecule has 1 aliphatic heterocycles. The summed E-state index contributed by atoms with van der Waals surface area (Å²) in [6.07, 6.45) is 3.34. The third kappa shape index (κ3) is 3.89. The molecular weight excluding hydrogens is 184 g/mol. The fourth-order valence-electron chi connectivity index (χ4n) is 1.25. The molecule has 0 amide bonds. The number of aliphatic hydroxyl groups excluding tert-OH is 1. The van der Waals surface area contributed by atoms with Crippen LogP contribution in [0.5, 0.6) is 0 Å². The molecule has 0 saturated carbocycles. The Balaban J connectivity index is 2.24. The number of unbranched alkanes of at least 4 members (excludes halogenated alkanes) is 1. The van der Waals surface area contributed by atoms with E-state index in [-0.39, 0.29) is 18.8 Å². The zero-order chi connectivity index (χ0) is 10.4. The van der Waals surface area contributed by atoms with Gasteiger partial charge < -0.3 is 14.6 Å². The molecule has 1 aliphatic rings. The van der Waals surface area contributed by atoms with Gasteiger partial charge in [-0.2, -0.15) is 0 Å². The molecular formula is C10H16O4. The summed E-state index contributed by atoms with van der Waals surface area (Å²) < 4.78 is 10.2. The highest BCUT2D eigenvalue weighted by molar-refractivity contribution is 5.81. The lowest BCUT2D eigenvalue weighted by atomic mass is 10.1. The molecule has 80 valence electrons. The number of hydrogen-bond acceptors (Lipinski definition) is 4. The molecule has 2 atom stereocenters. The van der Waals surface area contributed by atoms with Crippen LogP contribution in [0.15, 0.2) is 12.7 Å². The van der Waals surface area contributed by atoms with Crippen molar-refractivity contribution in [2.75, 3.05) is 13.2 Å². The van der Waals surface area contributed by atoms with Crippen molar-refractivity contribution in [1.82, 2.24) is 0 Å². The van der Waals surface area contributed by atoms with Crippen LogP contribution in [0.2, 0.25) is 0 Å². The van der Waals surface area contributed by atoms with Gasteiger partial charge in [-0.05, 0) is 19.3 Å². The molecule has 1 fully saturated rings. The molecule has 1 N–H and O–H groups in total. The van der Waals surface area contributed by atoms with Gasteiger partial charge >= 0.3 is 5.97 Å². The maximum atomic E-state index is 10.9.